The number of benzene rings is 1. The number of carbonyl (C=O) groups is 2. The first kappa shape index (κ1) is 14.5. The van der Waals surface area contributed by atoms with Gasteiger partial charge in [0.25, 0.3) is 0 Å². The molecule has 0 aliphatic rings. The zero-order valence-corrected chi connectivity index (χ0v) is 11.5. The molecule has 18 heavy (non-hydrogen) atoms. The van der Waals surface area contributed by atoms with Crippen LogP contribution < -0.4 is 10.6 Å². The number of carboxylic acids is 1. The third-order valence-corrected chi connectivity index (χ3v) is 2.86. The first-order chi connectivity index (χ1) is 8.49. The first-order valence-electron chi connectivity index (χ1n) is 5.50. The van der Waals surface area contributed by atoms with Crippen LogP contribution in [0, 0.1) is 0 Å². The minimum atomic E-state index is -1.06. The molecule has 0 aliphatic heterocycles. The predicted molar refractivity (Wildman–Crippen MR) is 71.5 cm³/mol. The molecule has 0 aromatic heterocycles. The summed E-state index contributed by atoms with van der Waals surface area (Å²) in [7, 11) is 0. The van der Waals surface area contributed by atoms with Crippen molar-refractivity contribution in [2.75, 3.05) is 6.54 Å². The number of nitrogens with one attached hydrogen (secondary N) is 2. The largest absolute Gasteiger partial charge is 0.480 e. The van der Waals surface area contributed by atoms with E-state index in [-0.39, 0.29) is 0 Å². The number of halogens is 1. The minimum Gasteiger partial charge on any atom is -0.480 e. The Morgan fingerprint density at radius 2 is 1.94 bits per heavy atom. The van der Waals surface area contributed by atoms with Gasteiger partial charge in [-0.2, -0.15) is 0 Å². The first-order valence-corrected chi connectivity index (χ1v) is 6.30. The Morgan fingerprint density at radius 3 is 2.50 bits per heavy atom. The van der Waals surface area contributed by atoms with Gasteiger partial charge in [0.1, 0.15) is 6.04 Å². The molecule has 5 nitrogen and oxygen atoms in total. The van der Waals surface area contributed by atoms with Crippen LogP contribution in [0.1, 0.15) is 12.5 Å². The lowest BCUT2D eigenvalue weighted by Crippen LogP contribution is -2.44. The fourth-order valence-electron chi connectivity index (χ4n) is 1.28. The highest BCUT2D eigenvalue weighted by molar-refractivity contribution is 9.10. The summed E-state index contributed by atoms with van der Waals surface area (Å²) < 4.78 is 1.01. The third kappa shape index (κ3) is 5.18. The van der Waals surface area contributed by atoms with E-state index in [1.807, 2.05) is 24.3 Å². The molecule has 0 saturated carbocycles. The van der Waals surface area contributed by atoms with Gasteiger partial charge in [-0.3, -0.25) is 4.79 Å². The Labute approximate surface area is 114 Å². The van der Waals surface area contributed by atoms with Crippen molar-refractivity contribution >= 4 is 27.9 Å². The molecule has 6 heteroatoms. The quantitative estimate of drug-likeness (QED) is 0.775. The molecule has 2 amide bonds. The van der Waals surface area contributed by atoms with E-state index in [1.54, 1.807) is 0 Å². The van der Waals surface area contributed by atoms with Crippen molar-refractivity contribution in [1.82, 2.24) is 10.6 Å². The zero-order valence-electron chi connectivity index (χ0n) is 9.94. The van der Waals surface area contributed by atoms with Crippen molar-refractivity contribution in [1.29, 1.82) is 0 Å². The van der Waals surface area contributed by atoms with Gasteiger partial charge in [0.05, 0.1) is 0 Å². The summed E-state index contributed by atoms with van der Waals surface area (Å²) in [4.78, 5) is 21.8. The van der Waals surface area contributed by atoms with Crippen molar-refractivity contribution in [3.05, 3.63) is 34.3 Å². The van der Waals surface area contributed by atoms with Crippen LogP contribution >= 0.6 is 15.9 Å². The molecule has 0 fully saturated rings. The number of urea groups is 1. The van der Waals surface area contributed by atoms with Gasteiger partial charge >= 0.3 is 12.0 Å². The lowest BCUT2D eigenvalue weighted by atomic mass is 10.1. The lowest BCUT2D eigenvalue weighted by Gasteiger charge is -2.10. The fourth-order valence-corrected chi connectivity index (χ4v) is 1.55. The molecule has 1 aromatic rings. The Bertz CT molecular complexity index is 420. The van der Waals surface area contributed by atoms with Gasteiger partial charge in [-0.25, -0.2) is 4.79 Å². The Hall–Kier alpha value is -1.56. The normalized spacial score (nSPS) is 11.7. The van der Waals surface area contributed by atoms with E-state index in [9.17, 15) is 9.59 Å². The molecule has 1 rings (SSSR count). The van der Waals surface area contributed by atoms with Crippen LogP contribution in [-0.2, 0) is 11.2 Å². The predicted octanol–water partition coefficient (Wildman–Crippen LogP) is 1.76. The molecule has 0 saturated heterocycles. The maximum Gasteiger partial charge on any atom is 0.325 e. The molecule has 0 radical (unpaired) electrons. The van der Waals surface area contributed by atoms with E-state index in [1.165, 1.54) is 6.92 Å². The molecule has 1 aromatic carbocycles. The molecule has 98 valence electrons. The summed E-state index contributed by atoms with van der Waals surface area (Å²) in [6, 6.07) is 6.43. The molecule has 0 spiro atoms. The van der Waals surface area contributed by atoms with Crippen molar-refractivity contribution in [3.63, 3.8) is 0 Å². The van der Waals surface area contributed by atoms with Crippen LogP contribution in [0.3, 0.4) is 0 Å². The monoisotopic (exact) mass is 314 g/mol. The van der Waals surface area contributed by atoms with Gasteiger partial charge in [0.15, 0.2) is 0 Å². The van der Waals surface area contributed by atoms with Crippen LogP contribution in [0.5, 0.6) is 0 Å². The molecule has 3 N–H and O–H groups in total. The molecule has 0 aliphatic carbocycles. The number of hydrogen-bond acceptors (Lipinski definition) is 2. The van der Waals surface area contributed by atoms with Crippen molar-refractivity contribution in [2.24, 2.45) is 0 Å². The van der Waals surface area contributed by atoms with Crippen molar-refractivity contribution in [3.8, 4) is 0 Å². The summed E-state index contributed by atoms with van der Waals surface area (Å²) in [6.45, 7) is 1.87. The van der Waals surface area contributed by atoms with Crippen LogP contribution in [-0.4, -0.2) is 29.7 Å². The maximum atomic E-state index is 11.3. The number of hydrogen-bond donors (Lipinski definition) is 3. The SMILES string of the molecule is CC(NC(=O)NCCc1ccc(Br)cc1)C(=O)O. The van der Waals surface area contributed by atoms with Crippen molar-refractivity contribution in [2.45, 2.75) is 19.4 Å². The fraction of sp³-hybridized carbons (Fsp3) is 0.333. The second-order valence-corrected chi connectivity index (χ2v) is 4.75. The summed E-state index contributed by atoms with van der Waals surface area (Å²) in [5.41, 5.74) is 1.10. The smallest absolute Gasteiger partial charge is 0.325 e. The standard InChI is InChI=1S/C12H15BrN2O3/c1-8(11(16)17)15-12(18)14-7-6-9-2-4-10(13)5-3-9/h2-5,8H,6-7H2,1H3,(H,16,17)(H2,14,15,18). The molecular formula is C12H15BrN2O3. The van der Waals surface area contributed by atoms with Gasteiger partial charge in [-0.05, 0) is 31.0 Å². The van der Waals surface area contributed by atoms with E-state index in [4.69, 9.17) is 5.11 Å². The van der Waals surface area contributed by atoms with Crippen LogP contribution in [0.4, 0.5) is 4.79 Å². The second-order valence-electron chi connectivity index (χ2n) is 3.84. The van der Waals surface area contributed by atoms with E-state index in [0.29, 0.717) is 13.0 Å². The maximum absolute atomic E-state index is 11.3. The Kier molecular flexibility index (Phi) is 5.64. The molecule has 0 bridgehead atoms. The summed E-state index contributed by atoms with van der Waals surface area (Å²) in [5, 5.41) is 13.5. The Balaban J connectivity index is 2.27. The molecule has 0 heterocycles. The number of carboxylic acid groups (broad SMARTS) is 1. The second kappa shape index (κ2) is 7.00. The van der Waals surface area contributed by atoms with Gasteiger partial charge in [-0.15, -0.1) is 0 Å². The van der Waals surface area contributed by atoms with E-state index in [2.05, 4.69) is 26.6 Å². The van der Waals surface area contributed by atoms with Crippen LogP contribution in [0.15, 0.2) is 28.7 Å². The van der Waals surface area contributed by atoms with Gasteiger partial charge in [-0.1, -0.05) is 28.1 Å². The highest BCUT2D eigenvalue weighted by Gasteiger charge is 2.12. The summed E-state index contributed by atoms with van der Waals surface area (Å²) in [6.07, 6.45) is 0.697. The molecule has 1 unspecified atom stereocenters. The summed E-state index contributed by atoms with van der Waals surface area (Å²) in [5.74, 6) is -1.06. The average Bonchev–Trinajstić information content (AvgIpc) is 2.31. The van der Waals surface area contributed by atoms with E-state index < -0.39 is 18.0 Å². The summed E-state index contributed by atoms with van der Waals surface area (Å²) >= 11 is 3.34. The average molecular weight is 315 g/mol. The third-order valence-electron chi connectivity index (χ3n) is 2.33. The molecular weight excluding hydrogens is 300 g/mol. The Morgan fingerprint density at radius 1 is 1.33 bits per heavy atom. The van der Waals surface area contributed by atoms with Crippen LogP contribution in [0.25, 0.3) is 0 Å². The highest BCUT2D eigenvalue weighted by Crippen LogP contribution is 2.10. The number of rotatable bonds is 5. The van der Waals surface area contributed by atoms with E-state index in [0.717, 1.165) is 10.0 Å². The lowest BCUT2D eigenvalue weighted by molar-refractivity contribution is -0.138. The van der Waals surface area contributed by atoms with Gasteiger partial charge in [0, 0.05) is 11.0 Å². The van der Waals surface area contributed by atoms with Gasteiger partial charge in [0.2, 0.25) is 0 Å². The van der Waals surface area contributed by atoms with Crippen molar-refractivity contribution < 1.29 is 14.7 Å². The number of amides is 2. The zero-order chi connectivity index (χ0) is 13.5. The van der Waals surface area contributed by atoms with Crippen LogP contribution in [0.2, 0.25) is 0 Å². The number of carbonyl (C=O) groups excluding carboxylic acids is 1. The van der Waals surface area contributed by atoms with Gasteiger partial charge < -0.3 is 15.7 Å². The minimum absolute atomic E-state index is 0.458. The topological polar surface area (TPSA) is 78.4 Å². The van der Waals surface area contributed by atoms with E-state index >= 15 is 0 Å². The highest BCUT2D eigenvalue weighted by atomic mass is 79.9. The molecule has 1 atom stereocenters. The number of aliphatic carboxylic acids is 1.